The maximum absolute atomic E-state index is 12.8. The van der Waals surface area contributed by atoms with Gasteiger partial charge >= 0.3 is 6.18 Å². The summed E-state index contributed by atoms with van der Waals surface area (Å²) in [5, 5.41) is 13.8. The maximum Gasteiger partial charge on any atom is 0.416 e. The minimum atomic E-state index is -4.52. The number of anilines is 2. The van der Waals surface area contributed by atoms with E-state index in [2.05, 4.69) is 10.6 Å². The molecule has 2 N–H and O–H groups in total. The van der Waals surface area contributed by atoms with Crippen LogP contribution in [0.4, 0.5) is 24.5 Å². The summed E-state index contributed by atoms with van der Waals surface area (Å²) in [7, 11) is 0. The molecule has 0 aliphatic carbocycles. The highest BCUT2D eigenvalue weighted by molar-refractivity contribution is 6.07. The third-order valence-corrected chi connectivity index (χ3v) is 4.11. The highest BCUT2D eigenvalue weighted by Gasteiger charge is 2.30. The van der Waals surface area contributed by atoms with Gasteiger partial charge in [-0.1, -0.05) is 12.1 Å². The number of benzene rings is 3. The van der Waals surface area contributed by atoms with E-state index in [0.29, 0.717) is 16.8 Å². The molecule has 3 aromatic rings. The molecule has 0 saturated heterocycles. The predicted octanol–water partition coefficient (Wildman–Crippen LogP) is 5.08. The molecule has 5 nitrogen and oxygen atoms in total. The third-order valence-electron chi connectivity index (χ3n) is 4.11. The zero-order chi connectivity index (χ0) is 21.7. The first-order valence-electron chi connectivity index (χ1n) is 8.66. The topological polar surface area (TPSA) is 82.0 Å². The van der Waals surface area contributed by atoms with Gasteiger partial charge in [-0.3, -0.25) is 9.59 Å². The van der Waals surface area contributed by atoms with E-state index in [1.54, 1.807) is 6.07 Å². The number of carbonyl (C=O) groups excluding carboxylic acids is 2. The first kappa shape index (κ1) is 20.6. The Bertz CT molecular complexity index is 1130. The molecule has 0 aliphatic heterocycles. The van der Waals surface area contributed by atoms with Crippen molar-refractivity contribution in [3.63, 3.8) is 0 Å². The molecule has 0 aliphatic rings. The van der Waals surface area contributed by atoms with Gasteiger partial charge in [-0.15, -0.1) is 0 Å². The van der Waals surface area contributed by atoms with Crippen molar-refractivity contribution in [3.8, 4) is 6.07 Å². The van der Waals surface area contributed by atoms with Crippen molar-refractivity contribution >= 4 is 23.2 Å². The van der Waals surface area contributed by atoms with Crippen molar-refractivity contribution in [2.75, 3.05) is 10.6 Å². The second-order valence-corrected chi connectivity index (χ2v) is 6.26. The van der Waals surface area contributed by atoms with Gasteiger partial charge in [0, 0.05) is 22.5 Å². The second kappa shape index (κ2) is 8.49. The number of halogens is 3. The first-order chi connectivity index (χ1) is 14.3. The highest BCUT2D eigenvalue weighted by Crippen LogP contribution is 2.30. The molecule has 0 spiro atoms. The summed E-state index contributed by atoms with van der Waals surface area (Å²) in [5.74, 6) is -1.06. The monoisotopic (exact) mass is 409 g/mol. The molecular formula is C22H14F3N3O2. The first-order valence-corrected chi connectivity index (χ1v) is 8.66. The molecule has 2 amide bonds. The van der Waals surface area contributed by atoms with Gasteiger partial charge in [-0.25, -0.2) is 0 Å². The van der Waals surface area contributed by atoms with Crippen LogP contribution < -0.4 is 10.6 Å². The lowest BCUT2D eigenvalue weighted by Crippen LogP contribution is -2.15. The molecular weight excluding hydrogens is 395 g/mol. The van der Waals surface area contributed by atoms with Crippen molar-refractivity contribution in [1.29, 1.82) is 5.26 Å². The van der Waals surface area contributed by atoms with Gasteiger partial charge in [-0.2, -0.15) is 18.4 Å². The predicted molar refractivity (Wildman–Crippen MR) is 105 cm³/mol. The number of carbonyl (C=O) groups is 2. The van der Waals surface area contributed by atoms with Crippen LogP contribution in [0, 0.1) is 11.3 Å². The molecule has 0 aromatic heterocycles. The van der Waals surface area contributed by atoms with Gasteiger partial charge in [0.15, 0.2) is 0 Å². The van der Waals surface area contributed by atoms with E-state index in [-0.39, 0.29) is 11.3 Å². The van der Waals surface area contributed by atoms with E-state index in [9.17, 15) is 22.8 Å². The molecule has 0 radical (unpaired) electrons. The Morgan fingerprint density at radius 2 is 1.33 bits per heavy atom. The summed E-state index contributed by atoms with van der Waals surface area (Å²) < 4.78 is 38.4. The summed E-state index contributed by atoms with van der Waals surface area (Å²) in [5.41, 5.74) is 0.365. The number of hydrogen-bond donors (Lipinski definition) is 2. The fraction of sp³-hybridized carbons (Fsp3) is 0.0455. The van der Waals surface area contributed by atoms with Crippen molar-refractivity contribution in [2.45, 2.75) is 6.18 Å². The molecule has 0 atom stereocenters. The number of amides is 2. The van der Waals surface area contributed by atoms with Gasteiger partial charge in [0.2, 0.25) is 0 Å². The lowest BCUT2D eigenvalue weighted by Gasteiger charge is -2.11. The molecule has 0 bridgehead atoms. The summed E-state index contributed by atoms with van der Waals surface area (Å²) >= 11 is 0. The van der Waals surface area contributed by atoms with Gasteiger partial charge in [-0.05, 0) is 60.7 Å². The minimum Gasteiger partial charge on any atom is -0.322 e. The molecule has 8 heteroatoms. The van der Waals surface area contributed by atoms with Crippen molar-refractivity contribution in [3.05, 3.63) is 95.1 Å². The van der Waals surface area contributed by atoms with E-state index < -0.39 is 23.6 Å². The van der Waals surface area contributed by atoms with Crippen LogP contribution >= 0.6 is 0 Å². The molecule has 0 unspecified atom stereocenters. The van der Waals surface area contributed by atoms with Crippen LogP contribution in [0.15, 0.2) is 72.8 Å². The minimum absolute atomic E-state index is 0.00171. The zero-order valence-electron chi connectivity index (χ0n) is 15.3. The third kappa shape index (κ3) is 5.02. The maximum atomic E-state index is 12.8. The largest absolute Gasteiger partial charge is 0.416 e. The number of alkyl halides is 3. The lowest BCUT2D eigenvalue weighted by atomic mass is 10.1. The van der Waals surface area contributed by atoms with Crippen molar-refractivity contribution in [2.24, 2.45) is 0 Å². The van der Waals surface area contributed by atoms with Crippen LogP contribution in [0.1, 0.15) is 31.8 Å². The molecule has 0 heterocycles. The molecule has 0 fully saturated rings. The average molecular weight is 409 g/mol. The summed E-state index contributed by atoms with van der Waals surface area (Å²) in [6.07, 6.45) is -4.52. The van der Waals surface area contributed by atoms with E-state index in [4.69, 9.17) is 5.26 Å². The lowest BCUT2D eigenvalue weighted by molar-refractivity contribution is -0.137. The van der Waals surface area contributed by atoms with Crippen LogP contribution in [0.5, 0.6) is 0 Å². The van der Waals surface area contributed by atoms with Gasteiger partial charge < -0.3 is 10.6 Å². The van der Waals surface area contributed by atoms with E-state index in [0.717, 1.165) is 12.1 Å². The van der Waals surface area contributed by atoms with E-state index in [1.807, 2.05) is 6.07 Å². The van der Waals surface area contributed by atoms with Crippen LogP contribution in [0.25, 0.3) is 0 Å². The summed E-state index contributed by atoms with van der Waals surface area (Å²) in [4.78, 5) is 24.7. The van der Waals surface area contributed by atoms with Crippen LogP contribution in [-0.4, -0.2) is 11.8 Å². The second-order valence-electron chi connectivity index (χ2n) is 6.26. The van der Waals surface area contributed by atoms with Crippen molar-refractivity contribution < 1.29 is 22.8 Å². The quantitative estimate of drug-likeness (QED) is 0.630. The van der Waals surface area contributed by atoms with Crippen LogP contribution in [-0.2, 0) is 6.18 Å². The molecule has 150 valence electrons. The number of nitriles is 1. The highest BCUT2D eigenvalue weighted by atomic mass is 19.4. The Kier molecular flexibility index (Phi) is 5.83. The number of nitrogens with one attached hydrogen (secondary N) is 2. The Hall–Kier alpha value is -4.12. The van der Waals surface area contributed by atoms with Crippen LogP contribution in [0.3, 0.4) is 0 Å². The normalized spacial score (nSPS) is 10.7. The van der Waals surface area contributed by atoms with E-state index >= 15 is 0 Å². The van der Waals surface area contributed by atoms with E-state index in [1.165, 1.54) is 54.6 Å². The smallest absolute Gasteiger partial charge is 0.322 e. The van der Waals surface area contributed by atoms with Crippen LogP contribution in [0.2, 0.25) is 0 Å². The zero-order valence-corrected chi connectivity index (χ0v) is 15.3. The van der Waals surface area contributed by atoms with Gasteiger partial charge in [0.25, 0.3) is 11.8 Å². The molecule has 3 rings (SSSR count). The fourth-order valence-corrected chi connectivity index (χ4v) is 2.61. The number of nitrogens with zero attached hydrogens (tertiary/aromatic N) is 1. The number of hydrogen-bond acceptors (Lipinski definition) is 3. The number of rotatable bonds is 4. The van der Waals surface area contributed by atoms with Crippen molar-refractivity contribution in [1.82, 2.24) is 0 Å². The fourth-order valence-electron chi connectivity index (χ4n) is 2.61. The van der Waals surface area contributed by atoms with Gasteiger partial charge in [0.1, 0.15) is 0 Å². The Morgan fingerprint density at radius 1 is 0.767 bits per heavy atom. The Balaban J connectivity index is 1.72. The van der Waals surface area contributed by atoms with Gasteiger partial charge in [0.05, 0.1) is 17.2 Å². The Morgan fingerprint density at radius 3 is 1.93 bits per heavy atom. The SMILES string of the molecule is N#Cc1ccc(C(=O)Nc2cccc(C(=O)Nc3cccc(C(F)(F)F)c3)c2)cc1. The molecule has 0 saturated carbocycles. The summed E-state index contributed by atoms with van der Waals surface area (Å²) in [6.45, 7) is 0. The molecule has 3 aromatic carbocycles. The summed E-state index contributed by atoms with van der Waals surface area (Å²) in [6, 6.07) is 18.3. The average Bonchev–Trinajstić information content (AvgIpc) is 2.73. The Labute approximate surface area is 169 Å². The molecule has 30 heavy (non-hydrogen) atoms. The standard InChI is InChI=1S/C22H14F3N3O2/c23-22(24,25)17-4-2-6-19(12-17)28-21(30)16-3-1-5-18(11-16)27-20(29)15-9-7-14(13-26)8-10-15/h1-12H,(H,27,29)(H,28,30).